The Morgan fingerprint density at radius 2 is 1.96 bits per heavy atom. The molecule has 0 spiro atoms. The lowest BCUT2D eigenvalue weighted by Gasteiger charge is -2.35. The number of benzene rings is 1. The van der Waals surface area contributed by atoms with Gasteiger partial charge in [-0.1, -0.05) is 30.4 Å². The molecule has 1 amide bonds. The van der Waals surface area contributed by atoms with Gasteiger partial charge in [0, 0.05) is 25.0 Å². The number of hydrogen-bond acceptors (Lipinski definition) is 5. The van der Waals surface area contributed by atoms with E-state index in [4.69, 9.17) is 4.98 Å². The minimum Gasteiger partial charge on any atom is -0.353 e. The normalized spacial score (nSPS) is 19.2. The number of amides is 1. The van der Waals surface area contributed by atoms with Gasteiger partial charge in [0.2, 0.25) is 5.91 Å². The Bertz CT molecular complexity index is 696. The van der Waals surface area contributed by atoms with E-state index >= 15 is 0 Å². The molecule has 1 atom stereocenters. The Hall–Kier alpha value is -1.08. The molecular weight excluding hydrogens is 391 g/mol. The van der Waals surface area contributed by atoms with Gasteiger partial charge in [-0.2, -0.15) is 0 Å². The summed E-state index contributed by atoms with van der Waals surface area (Å²) in [6.45, 7) is 5.93. The number of hydrogen-bond donors (Lipinski definition) is 2. The van der Waals surface area contributed by atoms with Crippen LogP contribution in [0.5, 0.6) is 0 Å². The second kappa shape index (κ2) is 9.22. The molecule has 2 fully saturated rings. The molecule has 2 aromatic rings. The maximum Gasteiger partial charge on any atom is 0.223 e. The number of nitrogens with one attached hydrogen (secondary N) is 2. The van der Waals surface area contributed by atoms with Crippen LogP contribution in [0.1, 0.15) is 19.8 Å². The number of aromatic nitrogens is 1. The van der Waals surface area contributed by atoms with E-state index < -0.39 is 0 Å². The van der Waals surface area contributed by atoms with E-state index in [1.54, 1.807) is 11.3 Å². The van der Waals surface area contributed by atoms with Crippen LogP contribution in [0, 0.1) is 11.8 Å². The van der Waals surface area contributed by atoms with Gasteiger partial charge in [-0.15, -0.1) is 24.8 Å². The van der Waals surface area contributed by atoms with E-state index in [2.05, 4.69) is 40.7 Å². The van der Waals surface area contributed by atoms with Crippen molar-refractivity contribution in [2.24, 2.45) is 11.8 Å². The van der Waals surface area contributed by atoms with Gasteiger partial charge in [0.1, 0.15) is 0 Å². The molecule has 2 aliphatic rings. The van der Waals surface area contributed by atoms with Crippen molar-refractivity contribution in [2.45, 2.75) is 25.8 Å². The molecule has 2 aliphatic heterocycles. The number of rotatable bonds is 4. The lowest BCUT2D eigenvalue weighted by Crippen LogP contribution is -2.52. The number of para-hydroxylation sites is 1. The number of nitrogens with zero attached hydrogens (tertiary/aromatic N) is 2. The highest BCUT2D eigenvalue weighted by atomic mass is 35.5. The summed E-state index contributed by atoms with van der Waals surface area (Å²) in [5.74, 6) is 0.848. The van der Waals surface area contributed by atoms with Crippen LogP contribution in [-0.4, -0.2) is 43.1 Å². The fourth-order valence-electron chi connectivity index (χ4n) is 3.42. The molecule has 26 heavy (non-hydrogen) atoms. The van der Waals surface area contributed by atoms with Gasteiger partial charge in [0.15, 0.2) is 5.13 Å². The van der Waals surface area contributed by atoms with Crippen molar-refractivity contribution >= 4 is 57.4 Å². The highest BCUT2D eigenvalue weighted by molar-refractivity contribution is 7.22. The Kier molecular flexibility index (Phi) is 7.52. The molecule has 0 saturated carbocycles. The zero-order chi connectivity index (χ0) is 16.5. The molecule has 4 rings (SSSR count). The molecular formula is C18H26Cl2N4OS. The molecule has 1 aromatic carbocycles. The Balaban J connectivity index is 0.00000121. The highest BCUT2D eigenvalue weighted by Crippen LogP contribution is 2.30. The third kappa shape index (κ3) is 4.42. The predicted molar refractivity (Wildman–Crippen MR) is 113 cm³/mol. The van der Waals surface area contributed by atoms with Crippen LogP contribution in [0.2, 0.25) is 0 Å². The van der Waals surface area contributed by atoms with Gasteiger partial charge in [-0.3, -0.25) is 4.79 Å². The standard InChI is InChI=1S/C18H24N4OS.2ClH/c1-12(13-10-19-11-13)17(23)20-14-6-8-22(9-7-14)18-21-15-4-2-3-5-16(15)24-18;;/h2-5,12-14,19H,6-11H2,1H3,(H,20,23);2*1H. The molecule has 1 aromatic heterocycles. The molecule has 0 radical (unpaired) electrons. The first-order chi connectivity index (χ1) is 11.7. The Morgan fingerprint density at radius 1 is 1.27 bits per heavy atom. The lowest BCUT2D eigenvalue weighted by atomic mass is 9.88. The van der Waals surface area contributed by atoms with Crippen molar-refractivity contribution in [2.75, 3.05) is 31.1 Å². The second-order valence-electron chi connectivity index (χ2n) is 6.94. The zero-order valence-electron chi connectivity index (χ0n) is 14.8. The molecule has 0 bridgehead atoms. The lowest BCUT2D eigenvalue weighted by molar-refractivity contribution is -0.127. The minimum atomic E-state index is 0. The number of carbonyl (C=O) groups excluding carboxylic acids is 1. The van der Waals surface area contributed by atoms with Crippen LogP contribution < -0.4 is 15.5 Å². The zero-order valence-corrected chi connectivity index (χ0v) is 17.3. The van der Waals surface area contributed by atoms with Crippen LogP contribution in [0.3, 0.4) is 0 Å². The average molecular weight is 417 g/mol. The first-order valence-electron chi connectivity index (χ1n) is 8.82. The van der Waals surface area contributed by atoms with Crippen molar-refractivity contribution in [3.05, 3.63) is 24.3 Å². The predicted octanol–water partition coefficient (Wildman–Crippen LogP) is 3.08. The number of anilines is 1. The Labute approximate surface area is 170 Å². The number of halogens is 2. The van der Waals surface area contributed by atoms with Crippen LogP contribution in [0.15, 0.2) is 24.3 Å². The highest BCUT2D eigenvalue weighted by Gasteiger charge is 2.30. The monoisotopic (exact) mass is 416 g/mol. The molecule has 8 heteroatoms. The molecule has 1 unspecified atom stereocenters. The summed E-state index contributed by atoms with van der Waals surface area (Å²) in [5, 5.41) is 7.61. The van der Waals surface area contributed by atoms with Crippen LogP contribution in [0.4, 0.5) is 5.13 Å². The molecule has 2 saturated heterocycles. The SMILES string of the molecule is CC(C(=O)NC1CCN(c2nc3ccccc3s2)CC1)C1CNC1.Cl.Cl. The quantitative estimate of drug-likeness (QED) is 0.803. The molecule has 0 aliphatic carbocycles. The number of carbonyl (C=O) groups is 1. The van der Waals surface area contributed by atoms with Crippen molar-refractivity contribution in [3.8, 4) is 0 Å². The maximum absolute atomic E-state index is 12.4. The van der Waals surface area contributed by atoms with Gasteiger partial charge < -0.3 is 15.5 Å². The summed E-state index contributed by atoms with van der Waals surface area (Å²) in [7, 11) is 0. The van der Waals surface area contributed by atoms with Gasteiger partial charge in [0.25, 0.3) is 0 Å². The van der Waals surface area contributed by atoms with E-state index in [0.717, 1.165) is 49.7 Å². The summed E-state index contributed by atoms with van der Waals surface area (Å²) < 4.78 is 1.24. The maximum atomic E-state index is 12.4. The summed E-state index contributed by atoms with van der Waals surface area (Å²) in [4.78, 5) is 19.4. The third-order valence-electron chi connectivity index (χ3n) is 5.33. The molecule has 144 valence electrons. The van der Waals surface area contributed by atoms with Crippen LogP contribution in [0.25, 0.3) is 10.2 Å². The summed E-state index contributed by atoms with van der Waals surface area (Å²) in [6.07, 6.45) is 1.99. The minimum absolute atomic E-state index is 0. The summed E-state index contributed by atoms with van der Waals surface area (Å²) in [5.41, 5.74) is 1.08. The van der Waals surface area contributed by atoms with Crippen molar-refractivity contribution in [1.82, 2.24) is 15.6 Å². The average Bonchev–Trinajstić information content (AvgIpc) is 2.98. The fourth-order valence-corrected chi connectivity index (χ4v) is 4.44. The van der Waals surface area contributed by atoms with Crippen molar-refractivity contribution < 1.29 is 4.79 Å². The molecule has 5 nitrogen and oxygen atoms in total. The van der Waals surface area contributed by atoms with E-state index in [-0.39, 0.29) is 36.6 Å². The largest absolute Gasteiger partial charge is 0.353 e. The summed E-state index contributed by atoms with van der Waals surface area (Å²) >= 11 is 1.76. The number of thiazole rings is 1. The molecule has 2 N–H and O–H groups in total. The smallest absolute Gasteiger partial charge is 0.223 e. The number of fused-ring (bicyclic) bond motifs is 1. The van der Waals surface area contributed by atoms with Crippen LogP contribution >= 0.6 is 36.2 Å². The third-order valence-corrected chi connectivity index (χ3v) is 6.43. The van der Waals surface area contributed by atoms with Crippen LogP contribution in [-0.2, 0) is 4.79 Å². The topological polar surface area (TPSA) is 57.3 Å². The van der Waals surface area contributed by atoms with Gasteiger partial charge in [-0.05, 0) is 44.0 Å². The Morgan fingerprint density at radius 3 is 2.58 bits per heavy atom. The molecule has 3 heterocycles. The van der Waals surface area contributed by atoms with Crippen molar-refractivity contribution in [3.63, 3.8) is 0 Å². The van der Waals surface area contributed by atoms with E-state index in [0.29, 0.717) is 12.0 Å². The summed E-state index contributed by atoms with van der Waals surface area (Å²) in [6, 6.07) is 8.59. The van der Waals surface area contributed by atoms with E-state index in [9.17, 15) is 4.79 Å². The van der Waals surface area contributed by atoms with Crippen molar-refractivity contribution in [1.29, 1.82) is 0 Å². The number of piperidine rings is 1. The van der Waals surface area contributed by atoms with Gasteiger partial charge in [0.05, 0.1) is 10.2 Å². The van der Waals surface area contributed by atoms with E-state index in [1.165, 1.54) is 4.70 Å². The van der Waals surface area contributed by atoms with E-state index in [1.807, 2.05) is 6.07 Å². The van der Waals surface area contributed by atoms with Gasteiger partial charge in [-0.25, -0.2) is 4.98 Å². The fraction of sp³-hybridized carbons (Fsp3) is 0.556. The first-order valence-corrected chi connectivity index (χ1v) is 9.64. The second-order valence-corrected chi connectivity index (χ2v) is 7.95. The van der Waals surface area contributed by atoms with Gasteiger partial charge >= 0.3 is 0 Å². The first kappa shape index (κ1) is 21.2.